The Morgan fingerprint density at radius 2 is 1.12 bits per heavy atom. The van der Waals surface area contributed by atoms with Crippen LogP contribution < -0.4 is 10.6 Å². The minimum atomic E-state index is -1.13. The van der Waals surface area contributed by atoms with E-state index in [0.29, 0.717) is 0 Å². The average Bonchev–Trinajstić information content (AvgIpc) is 2.15. The van der Waals surface area contributed by atoms with Crippen molar-refractivity contribution in [2.24, 2.45) is 0 Å². The van der Waals surface area contributed by atoms with Crippen molar-refractivity contribution < 1.29 is 23.9 Å². The Labute approximate surface area is 97.5 Å². The van der Waals surface area contributed by atoms with Gasteiger partial charge in [-0.05, 0) is 0 Å². The van der Waals surface area contributed by atoms with Crippen molar-refractivity contribution in [3.8, 4) is 0 Å². The van der Waals surface area contributed by atoms with Gasteiger partial charge in [-0.15, -0.1) is 0 Å². The Morgan fingerprint density at radius 3 is 1.35 bits per heavy atom. The molecule has 0 aliphatic carbocycles. The molecule has 0 rings (SSSR count). The molecule has 0 saturated heterocycles. The molecule has 0 radical (unpaired) electrons. The van der Waals surface area contributed by atoms with Crippen LogP contribution in [0.5, 0.6) is 0 Å². The lowest BCUT2D eigenvalue weighted by Crippen LogP contribution is -2.30. The van der Waals surface area contributed by atoms with Crippen molar-refractivity contribution >= 4 is 23.8 Å². The predicted molar refractivity (Wildman–Crippen MR) is 57.0 cm³/mol. The van der Waals surface area contributed by atoms with Crippen LogP contribution in [0, 0.1) is 0 Å². The van der Waals surface area contributed by atoms with E-state index in [0.717, 1.165) is 13.8 Å². The highest BCUT2D eigenvalue weighted by molar-refractivity contribution is 6.03. The fourth-order valence-corrected chi connectivity index (χ4v) is 0.734. The molecule has 0 fully saturated rings. The molecule has 7 nitrogen and oxygen atoms in total. The van der Waals surface area contributed by atoms with Gasteiger partial charge in [0.15, 0.2) is 0 Å². The van der Waals surface area contributed by atoms with Gasteiger partial charge in [-0.3, -0.25) is 9.59 Å². The lowest BCUT2D eigenvalue weighted by molar-refractivity contribution is -0.155. The van der Waals surface area contributed by atoms with E-state index in [9.17, 15) is 19.2 Å². The number of hydrogen-bond donors (Lipinski definition) is 2. The second-order valence-electron chi connectivity index (χ2n) is 3.00. The lowest BCUT2D eigenvalue weighted by Gasteiger charge is -2.07. The smallest absolute Gasteiger partial charge is 0.362 e. The minimum absolute atomic E-state index is 0.388. The summed E-state index contributed by atoms with van der Waals surface area (Å²) in [4.78, 5) is 43.5. The quantitative estimate of drug-likeness (QED) is 0.386. The molecule has 0 aromatic carbocycles. The van der Waals surface area contributed by atoms with E-state index in [1.165, 1.54) is 0 Å². The number of carbonyl (C=O) groups excluding carboxylic acids is 4. The molecule has 0 saturated carbocycles. The van der Waals surface area contributed by atoms with Crippen molar-refractivity contribution in [2.75, 3.05) is 0 Å². The molecule has 2 N–H and O–H groups in total. The maximum atomic E-state index is 11.2. The van der Waals surface area contributed by atoms with Gasteiger partial charge in [0.2, 0.25) is 11.8 Å². The number of ether oxygens (including phenoxy) is 1. The summed E-state index contributed by atoms with van der Waals surface area (Å²) in [5, 5.41) is 4.10. The van der Waals surface area contributed by atoms with E-state index in [4.69, 9.17) is 0 Å². The Bertz CT molecular complexity index is 373. The van der Waals surface area contributed by atoms with Crippen molar-refractivity contribution in [1.82, 2.24) is 10.6 Å². The van der Waals surface area contributed by atoms with Crippen LogP contribution in [0.2, 0.25) is 0 Å². The average molecular weight is 240 g/mol. The number of carbonyl (C=O) groups is 4. The zero-order valence-electron chi connectivity index (χ0n) is 9.46. The summed E-state index contributed by atoms with van der Waals surface area (Å²) in [5.41, 5.74) is -0.775. The van der Waals surface area contributed by atoms with Crippen LogP contribution in [0.1, 0.15) is 13.8 Å². The SMILES string of the molecule is C=C(NC(C)=O)C(=O)OC(=O)C(=C)NC(C)=O. The van der Waals surface area contributed by atoms with Crippen molar-refractivity contribution in [1.29, 1.82) is 0 Å². The number of amides is 2. The zero-order valence-corrected chi connectivity index (χ0v) is 9.46. The molecular formula is C10H12N2O5. The molecule has 0 heterocycles. The fourth-order valence-electron chi connectivity index (χ4n) is 0.734. The summed E-state index contributed by atoms with van der Waals surface area (Å²) < 4.78 is 4.27. The van der Waals surface area contributed by atoms with E-state index in [1.54, 1.807) is 0 Å². The molecule has 2 amide bonds. The third kappa shape index (κ3) is 5.88. The predicted octanol–water partition coefficient (Wildman–Crippen LogP) is -0.644. The first-order valence-corrected chi connectivity index (χ1v) is 4.43. The third-order valence-electron chi connectivity index (χ3n) is 1.33. The van der Waals surface area contributed by atoms with E-state index >= 15 is 0 Å². The fraction of sp³-hybridized carbons (Fsp3) is 0.200. The number of rotatable bonds is 4. The Hall–Kier alpha value is -2.44. The van der Waals surface area contributed by atoms with Crippen LogP contribution in [0.25, 0.3) is 0 Å². The van der Waals surface area contributed by atoms with E-state index in [1.807, 2.05) is 0 Å². The zero-order chi connectivity index (χ0) is 13.6. The first kappa shape index (κ1) is 14.6. The molecule has 0 spiro atoms. The minimum Gasteiger partial charge on any atom is -0.384 e. The topological polar surface area (TPSA) is 102 Å². The lowest BCUT2D eigenvalue weighted by atomic mass is 10.4. The van der Waals surface area contributed by atoms with Crippen LogP contribution in [0.15, 0.2) is 24.6 Å². The van der Waals surface area contributed by atoms with Gasteiger partial charge in [0, 0.05) is 13.8 Å². The highest BCUT2D eigenvalue weighted by atomic mass is 16.6. The summed E-state index contributed by atoms with van der Waals surface area (Å²) >= 11 is 0. The summed E-state index contributed by atoms with van der Waals surface area (Å²) in [5.74, 6) is -3.31. The third-order valence-corrected chi connectivity index (χ3v) is 1.33. The van der Waals surface area contributed by atoms with Gasteiger partial charge in [-0.1, -0.05) is 13.2 Å². The molecule has 0 unspecified atom stereocenters. The molecule has 0 aromatic heterocycles. The standard InChI is InChI=1S/C10H12N2O5/c1-5(11-7(3)13)9(15)17-10(16)6(2)12-8(4)14/h1-2H2,3-4H3,(H,11,13)(H,12,14). The van der Waals surface area contributed by atoms with Gasteiger partial charge in [-0.25, -0.2) is 9.59 Å². The monoisotopic (exact) mass is 240 g/mol. The van der Waals surface area contributed by atoms with Crippen molar-refractivity contribution in [2.45, 2.75) is 13.8 Å². The molecular weight excluding hydrogens is 228 g/mol. The molecule has 0 aliphatic heterocycles. The van der Waals surface area contributed by atoms with E-state index in [2.05, 4.69) is 28.5 Å². The number of esters is 2. The highest BCUT2D eigenvalue weighted by Crippen LogP contribution is 1.96. The van der Waals surface area contributed by atoms with Gasteiger partial charge in [-0.2, -0.15) is 0 Å². The Balaban J connectivity index is 4.34. The molecule has 0 bridgehead atoms. The maximum absolute atomic E-state index is 11.2. The van der Waals surface area contributed by atoms with Crippen LogP contribution in [-0.4, -0.2) is 23.8 Å². The van der Waals surface area contributed by atoms with Gasteiger partial charge < -0.3 is 15.4 Å². The molecule has 92 valence electrons. The second kappa shape index (κ2) is 6.21. The van der Waals surface area contributed by atoms with Crippen LogP contribution in [0.3, 0.4) is 0 Å². The number of hydrogen-bond acceptors (Lipinski definition) is 5. The highest BCUT2D eigenvalue weighted by Gasteiger charge is 2.17. The summed E-state index contributed by atoms with van der Waals surface area (Å²) in [6.45, 7) is 8.71. The van der Waals surface area contributed by atoms with E-state index in [-0.39, 0.29) is 11.4 Å². The molecule has 0 aliphatic rings. The van der Waals surface area contributed by atoms with Gasteiger partial charge in [0.1, 0.15) is 11.4 Å². The first-order valence-electron chi connectivity index (χ1n) is 4.43. The number of nitrogens with one attached hydrogen (secondary N) is 2. The molecule has 0 atom stereocenters. The largest absolute Gasteiger partial charge is 0.384 e. The normalized spacial score (nSPS) is 8.82. The van der Waals surface area contributed by atoms with Gasteiger partial charge in [0.25, 0.3) is 0 Å². The molecule has 17 heavy (non-hydrogen) atoms. The molecule has 0 aromatic rings. The second-order valence-corrected chi connectivity index (χ2v) is 3.00. The molecule has 7 heteroatoms. The maximum Gasteiger partial charge on any atom is 0.362 e. The van der Waals surface area contributed by atoms with Crippen LogP contribution in [-0.2, 0) is 23.9 Å². The van der Waals surface area contributed by atoms with Gasteiger partial charge >= 0.3 is 11.9 Å². The Kier molecular flexibility index (Phi) is 5.32. The first-order chi connectivity index (χ1) is 7.73. The van der Waals surface area contributed by atoms with Gasteiger partial charge in [0.05, 0.1) is 0 Å². The summed E-state index contributed by atoms with van der Waals surface area (Å²) in [6.07, 6.45) is 0. The summed E-state index contributed by atoms with van der Waals surface area (Å²) in [7, 11) is 0. The van der Waals surface area contributed by atoms with Crippen molar-refractivity contribution in [3.05, 3.63) is 24.6 Å². The van der Waals surface area contributed by atoms with Crippen molar-refractivity contribution in [3.63, 3.8) is 0 Å². The summed E-state index contributed by atoms with van der Waals surface area (Å²) in [6, 6.07) is 0. The Morgan fingerprint density at radius 1 is 0.824 bits per heavy atom. The van der Waals surface area contributed by atoms with Crippen LogP contribution in [0.4, 0.5) is 0 Å². The van der Waals surface area contributed by atoms with Crippen LogP contribution >= 0.6 is 0 Å². The van der Waals surface area contributed by atoms with E-state index < -0.39 is 23.8 Å².